The maximum Gasteiger partial charge on any atom is 0.173 e. The van der Waals surface area contributed by atoms with Crippen LogP contribution in [0.1, 0.15) is 0 Å². The minimum atomic E-state index is -0.501. The van der Waals surface area contributed by atoms with E-state index in [2.05, 4.69) is 9.97 Å². The quantitative estimate of drug-likeness (QED) is 0.573. The van der Waals surface area contributed by atoms with Gasteiger partial charge >= 0.3 is 0 Å². The Morgan fingerprint density at radius 3 is 2.72 bits per heavy atom. The molecule has 3 rings (SSSR count). The van der Waals surface area contributed by atoms with Gasteiger partial charge in [-0.15, -0.1) is 0 Å². The summed E-state index contributed by atoms with van der Waals surface area (Å²) in [5.74, 6) is 0.0701. The second-order valence-corrected chi connectivity index (χ2v) is 4.08. The molecule has 0 unspecified atom stereocenters. The number of anilines is 2. The van der Waals surface area contributed by atoms with Gasteiger partial charge < -0.3 is 16.5 Å². The highest BCUT2D eigenvalue weighted by molar-refractivity contribution is 5.83. The number of aromatic amines is 1. The van der Waals surface area contributed by atoms with Gasteiger partial charge in [0.1, 0.15) is 11.3 Å². The molecule has 0 amide bonds. The van der Waals surface area contributed by atoms with E-state index in [0.29, 0.717) is 17.0 Å². The zero-order chi connectivity index (χ0) is 12.7. The van der Waals surface area contributed by atoms with Gasteiger partial charge in [-0.1, -0.05) is 12.1 Å². The van der Waals surface area contributed by atoms with Crippen LogP contribution in [0.4, 0.5) is 15.8 Å². The van der Waals surface area contributed by atoms with Gasteiger partial charge in [-0.3, -0.25) is 0 Å². The van der Waals surface area contributed by atoms with E-state index in [1.54, 1.807) is 18.2 Å². The molecule has 5 N–H and O–H groups in total. The maximum atomic E-state index is 13.8. The molecule has 0 radical (unpaired) electrons. The van der Waals surface area contributed by atoms with E-state index < -0.39 is 5.82 Å². The fourth-order valence-corrected chi connectivity index (χ4v) is 1.88. The number of hydrogen-bond acceptors (Lipinski definition) is 3. The predicted molar refractivity (Wildman–Crippen MR) is 70.3 cm³/mol. The average Bonchev–Trinajstić information content (AvgIpc) is 2.79. The molecule has 3 aromatic rings. The molecular weight excluding hydrogens is 231 g/mol. The molecule has 2 aromatic carbocycles. The van der Waals surface area contributed by atoms with E-state index in [9.17, 15) is 4.39 Å². The number of nitrogens with zero attached hydrogens (tertiary/aromatic N) is 1. The first kappa shape index (κ1) is 10.6. The first-order chi connectivity index (χ1) is 8.65. The molecule has 90 valence electrons. The molecule has 0 fully saturated rings. The Morgan fingerprint density at radius 2 is 1.94 bits per heavy atom. The summed E-state index contributed by atoms with van der Waals surface area (Å²) in [6.45, 7) is 0. The van der Waals surface area contributed by atoms with Gasteiger partial charge in [-0.2, -0.15) is 0 Å². The van der Waals surface area contributed by atoms with Crippen molar-refractivity contribution in [2.75, 3.05) is 11.5 Å². The largest absolute Gasteiger partial charge is 0.399 e. The summed E-state index contributed by atoms with van der Waals surface area (Å²) in [5, 5.41) is 0. The van der Waals surface area contributed by atoms with Crippen molar-refractivity contribution in [3.63, 3.8) is 0 Å². The lowest BCUT2D eigenvalue weighted by Crippen LogP contribution is -1.90. The number of imidazole rings is 1. The molecule has 1 heterocycles. The van der Waals surface area contributed by atoms with Crippen molar-refractivity contribution in [3.05, 3.63) is 42.2 Å². The van der Waals surface area contributed by atoms with E-state index in [0.717, 1.165) is 5.56 Å². The zero-order valence-corrected chi connectivity index (χ0v) is 9.44. The number of nitrogens with two attached hydrogens (primary N) is 2. The molecule has 0 aliphatic carbocycles. The van der Waals surface area contributed by atoms with Crippen molar-refractivity contribution in [2.24, 2.45) is 0 Å². The summed E-state index contributed by atoms with van der Waals surface area (Å²) < 4.78 is 13.8. The van der Waals surface area contributed by atoms with Gasteiger partial charge in [0.05, 0.1) is 11.2 Å². The van der Waals surface area contributed by atoms with Crippen LogP contribution < -0.4 is 11.5 Å². The number of H-pyrrole nitrogens is 1. The molecule has 1 aromatic heterocycles. The second-order valence-electron chi connectivity index (χ2n) is 4.08. The smallest absolute Gasteiger partial charge is 0.173 e. The standard InChI is InChI=1S/C13H11FN4/c14-11-9(16)4-5-10-12(11)18-13(17-10)7-2-1-3-8(15)6-7/h1-6H,15-16H2,(H,17,18). The summed E-state index contributed by atoms with van der Waals surface area (Å²) in [6.07, 6.45) is 0. The lowest BCUT2D eigenvalue weighted by atomic mass is 10.2. The number of fused-ring (bicyclic) bond motifs is 1. The van der Waals surface area contributed by atoms with Crippen molar-refractivity contribution in [2.45, 2.75) is 0 Å². The predicted octanol–water partition coefficient (Wildman–Crippen LogP) is 2.53. The minimum Gasteiger partial charge on any atom is -0.399 e. The van der Waals surface area contributed by atoms with Crippen molar-refractivity contribution >= 4 is 22.4 Å². The van der Waals surface area contributed by atoms with E-state index in [4.69, 9.17) is 11.5 Å². The molecule has 0 bridgehead atoms. The zero-order valence-electron chi connectivity index (χ0n) is 9.44. The van der Waals surface area contributed by atoms with E-state index >= 15 is 0 Å². The molecule has 18 heavy (non-hydrogen) atoms. The van der Waals surface area contributed by atoms with Crippen LogP contribution in [-0.4, -0.2) is 9.97 Å². The minimum absolute atomic E-state index is 0.0909. The van der Waals surface area contributed by atoms with Gasteiger partial charge in [0.2, 0.25) is 0 Å². The molecule has 0 saturated heterocycles. The lowest BCUT2D eigenvalue weighted by Gasteiger charge is -1.97. The van der Waals surface area contributed by atoms with Gasteiger partial charge in [-0.25, -0.2) is 9.37 Å². The molecule has 0 spiro atoms. The number of hydrogen-bond donors (Lipinski definition) is 3. The average molecular weight is 242 g/mol. The second kappa shape index (κ2) is 3.73. The highest BCUT2D eigenvalue weighted by Gasteiger charge is 2.11. The third-order valence-corrected chi connectivity index (χ3v) is 2.78. The van der Waals surface area contributed by atoms with Crippen LogP contribution in [0.3, 0.4) is 0 Å². The summed E-state index contributed by atoms with van der Waals surface area (Å²) in [4.78, 5) is 7.26. The number of nitrogen functional groups attached to an aromatic ring is 2. The van der Waals surface area contributed by atoms with Crippen molar-refractivity contribution in [1.82, 2.24) is 9.97 Å². The van der Waals surface area contributed by atoms with Crippen molar-refractivity contribution in [3.8, 4) is 11.4 Å². The van der Waals surface area contributed by atoms with E-state index in [1.165, 1.54) is 6.07 Å². The summed E-state index contributed by atoms with van der Waals surface area (Å²) in [5.41, 5.74) is 13.6. The Morgan fingerprint density at radius 1 is 1.11 bits per heavy atom. The van der Waals surface area contributed by atoms with Crippen molar-refractivity contribution in [1.29, 1.82) is 0 Å². The van der Waals surface area contributed by atoms with E-state index in [1.807, 2.05) is 12.1 Å². The molecule has 0 atom stereocenters. The molecule has 0 aliphatic heterocycles. The highest BCUT2D eigenvalue weighted by atomic mass is 19.1. The topological polar surface area (TPSA) is 80.7 Å². The molecule has 5 heteroatoms. The molecule has 4 nitrogen and oxygen atoms in total. The van der Waals surface area contributed by atoms with Gasteiger partial charge in [-0.05, 0) is 24.3 Å². The van der Waals surface area contributed by atoms with Crippen LogP contribution in [0, 0.1) is 5.82 Å². The Labute approximate surface area is 102 Å². The van der Waals surface area contributed by atoms with Crippen LogP contribution in [0.2, 0.25) is 0 Å². The van der Waals surface area contributed by atoms with Crippen molar-refractivity contribution < 1.29 is 4.39 Å². The summed E-state index contributed by atoms with van der Waals surface area (Å²) >= 11 is 0. The maximum absolute atomic E-state index is 13.8. The highest BCUT2D eigenvalue weighted by Crippen LogP contribution is 2.25. The van der Waals surface area contributed by atoms with Gasteiger partial charge in [0, 0.05) is 11.3 Å². The summed E-state index contributed by atoms with van der Waals surface area (Å²) in [7, 11) is 0. The Bertz CT molecular complexity index is 733. The number of rotatable bonds is 1. The Kier molecular flexibility index (Phi) is 2.19. The van der Waals surface area contributed by atoms with Crippen LogP contribution in [-0.2, 0) is 0 Å². The SMILES string of the molecule is Nc1cccc(-c2nc3c(F)c(N)ccc3[nH]2)c1. The third kappa shape index (κ3) is 1.57. The first-order valence-corrected chi connectivity index (χ1v) is 5.45. The normalized spacial score (nSPS) is 10.9. The first-order valence-electron chi connectivity index (χ1n) is 5.45. The third-order valence-electron chi connectivity index (χ3n) is 2.78. The Balaban J connectivity index is 2.23. The molecule has 0 saturated carbocycles. The number of benzene rings is 2. The fraction of sp³-hybridized carbons (Fsp3) is 0. The fourth-order valence-electron chi connectivity index (χ4n) is 1.88. The summed E-state index contributed by atoms with van der Waals surface area (Å²) in [6, 6.07) is 10.5. The Hall–Kier alpha value is -2.56. The van der Waals surface area contributed by atoms with Crippen LogP contribution in [0.25, 0.3) is 22.4 Å². The van der Waals surface area contributed by atoms with Crippen LogP contribution in [0.15, 0.2) is 36.4 Å². The van der Waals surface area contributed by atoms with Gasteiger partial charge in [0.25, 0.3) is 0 Å². The molecular formula is C13H11FN4. The van der Waals surface area contributed by atoms with Gasteiger partial charge in [0.15, 0.2) is 5.82 Å². The number of halogens is 1. The molecule has 0 aliphatic rings. The van der Waals surface area contributed by atoms with Crippen LogP contribution in [0.5, 0.6) is 0 Å². The van der Waals surface area contributed by atoms with Crippen LogP contribution >= 0.6 is 0 Å². The van der Waals surface area contributed by atoms with E-state index in [-0.39, 0.29) is 11.2 Å². The lowest BCUT2D eigenvalue weighted by molar-refractivity contribution is 0.642. The monoisotopic (exact) mass is 242 g/mol. The number of nitrogens with one attached hydrogen (secondary N) is 1. The number of aromatic nitrogens is 2.